The van der Waals surface area contributed by atoms with Crippen molar-refractivity contribution in [2.45, 2.75) is 84.2 Å². The number of benzene rings is 1. The molecule has 2 aromatic heterocycles. The number of rotatable bonds is 5. The van der Waals surface area contributed by atoms with Crippen molar-refractivity contribution >= 4 is 28.6 Å². The van der Waals surface area contributed by atoms with Gasteiger partial charge in [0.05, 0.1) is 29.7 Å². The Bertz CT molecular complexity index is 1740. The van der Waals surface area contributed by atoms with Gasteiger partial charge in [-0.3, -0.25) is 14.4 Å². The number of nitrogens with zero attached hydrogens (tertiary/aromatic N) is 4. The van der Waals surface area contributed by atoms with Crippen LogP contribution >= 0.6 is 0 Å². The van der Waals surface area contributed by atoms with Crippen LogP contribution in [0, 0.1) is 30.1 Å². The lowest BCUT2D eigenvalue weighted by atomic mass is 9.84. The highest BCUT2D eigenvalue weighted by Gasteiger charge is 2.61. The number of carboxylic acids is 1. The summed E-state index contributed by atoms with van der Waals surface area (Å²) in [6.45, 7) is 8.88. The number of aromatic nitrogens is 3. The Labute approximate surface area is 276 Å². The fourth-order valence-electron chi connectivity index (χ4n) is 7.37. The standard InChI is InChI=1S/C37H46N4O6/c1-22-29(46-6)13-12-25-30(19-32(38-33(22)25)41-16-14-31(39-41)36(2,3)4)47-24-17-26-27(18-24)34(43)40(5)15-10-8-7-9-11-23-20-37(23,35(44)45)21-28(26)42/h9,11-14,16,19,23-24,26-27H,7-8,10,15,17-18,20-21H2,1-6H3,(H,44,45)/b11-9-/t23-,24+,26+,27+,37+/m0/s1. The number of allylic oxidation sites excluding steroid dienone is 2. The fourth-order valence-corrected chi connectivity index (χ4v) is 7.37. The molecule has 1 amide bonds. The quantitative estimate of drug-likeness (QED) is 0.334. The minimum absolute atomic E-state index is 0.0705. The predicted octanol–water partition coefficient (Wildman–Crippen LogP) is 6.06. The molecule has 2 saturated carbocycles. The van der Waals surface area contributed by atoms with E-state index in [1.807, 2.05) is 49.5 Å². The summed E-state index contributed by atoms with van der Waals surface area (Å²) in [6.07, 6.45) is 9.14. The second-order valence-corrected chi connectivity index (χ2v) is 14.7. The molecule has 6 rings (SSSR count). The Morgan fingerprint density at radius 2 is 1.85 bits per heavy atom. The zero-order valence-electron chi connectivity index (χ0n) is 28.3. The fraction of sp³-hybridized carbons (Fsp3) is 0.541. The number of Topliss-reactive ketones (excluding diaryl/α,β-unsaturated/α-hetero) is 1. The molecular formula is C37H46N4O6. The SMILES string of the molecule is COc1ccc2c(O[C@@H]3C[C@H]4C(=O)C[C@]5(C(=O)O)C[C@@H]5/C=C\CCCCN(C)C(=O)[C@@H]4C3)cc(-n3ccc(C(C)(C)C)n3)nc2c1C. The first-order chi connectivity index (χ1) is 22.3. The van der Waals surface area contributed by atoms with Gasteiger partial charge in [0.1, 0.15) is 23.4 Å². The average Bonchev–Trinajstić information content (AvgIpc) is 3.33. The first-order valence-electron chi connectivity index (χ1n) is 16.7. The molecule has 3 aromatic rings. The molecule has 2 aliphatic carbocycles. The second kappa shape index (κ2) is 12.4. The summed E-state index contributed by atoms with van der Waals surface area (Å²) >= 11 is 0. The molecule has 1 aliphatic heterocycles. The Morgan fingerprint density at radius 3 is 2.55 bits per heavy atom. The number of aryl methyl sites for hydroxylation is 1. The van der Waals surface area contributed by atoms with Crippen molar-refractivity contribution in [2.75, 3.05) is 20.7 Å². The van der Waals surface area contributed by atoms with Crippen molar-refractivity contribution in [3.8, 4) is 17.3 Å². The topological polar surface area (TPSA) is 124 Å². The zero-order valence-corrected chi connectivity index (χ0v) is 28.3. The molecule has 1 aromatic carbocycles. The van der Waals surface area contributed by atoms with E-state index in [9.17, 15) is 19.5 Å². The molecule has 3 aliphatic rings. The van der Waals surface area contributed by atoms with E-state index in [1.165, 1.54) is 0 Å². The minimum atomic E-state index is -1.08. The monoisotopic (exact) mass is 642 g/mol. The van der Waals surface area contributed by atoms with Gasteiger partial charge in [-0.2, -0.15) is 5.10 Å². The molecule has 10 nitrogen and oxygen atoms in total. The molecule has 5 atom stereocenters. The third-order valence-corrected chi connectivity index (χ3v) is 10.4. The number of carbonyl (C=O) groups excluding carboxylic acids is 2. The maximum Gasteiger partial charge on any atom is 0.310 e. The Morgan fingerprint density at radius 1 is 1.09 bits per heavy atom. The number of pyridine rings is 1. The van der Waals surface area contributed by atoms with Crippen molar-refractivity contribution in [1.82, 2.24) is 19.7 Å². The summed E-state index contributed by atoms with van der Waals surface area (Å²) in [4.78, 5) is 46.9. The van der Waals surface area contributed by atoms with Crippen LogP contribution in [-0.4, -0.2) is 69.2 Å². The first-order valence-corrected chi connectivity index (χ1v) is 16.7. The molecular weight excluding hydrogens is 596 g/mol. The van der Waals surface area contributed by atoms with Crippen molar-refractivity contribution < 1.29 is 29.0 Å². The Balaban J connectivity index is 1.35. The lowest BCUT2D eigenvalue weighted by Gasteiger charge is -2.25. The van der Waals surface area contributed by atoms with Gasteiger partial charge in [-0.1, -0.05) is 32.9 Å². The van der Waals surface area contributed by atoms with Gasteiger partial charge in [0, 0.05) is 54.6 Å². The van der Waals surface area contributed by atoms with Gasteiger partial charge < -0.3 is 19.5 Å². The number of methoxy groups -OCH3 is 1. The van der Waals surface area contributed by atoms with E-state index in [1.54, 1.807) is 23.7 Å². The van der Waals surface area contributed by atoms with Crippen molar-refractivity contribution in [3.05, 3.63) is 53.9 Å². The van der Waals surface area contributed by atoms with E-state index in [2.05, 4.69) is 20.8 Å². The van der Waals surface area contributed by atoms with E-state index < -0.39 is 29.3 Å². The lowest BCUT2D eigenvalue weighted by Crippen LogP contribution is -2.38. The largest absolute Gasteiger partial charge is 0.496 e. The van der Waals surface area contributed by atoms with E-state index in [4.69, 9.17) is 19.6 Å². The lowest BCUT2D eigenvalue weighted by molar-refractivity contribution is -0.147. The van der Waals surface area contributed by atoms with E-state index in [0.29, 0.717) is 48.6 Å². The van der Waals surface area contributed by atoms with Crippen LogP contribution in [0.2, 0.25) is 0 Å². The molecule has 2 fully saturated rings. The molecule has 3 heterocycles. The number of carboxylic acid groups (broad SMARTS) is 1. The summed E-state index contributed by atoms with van der Waals surface area (Å²) in [5, 5.41) is 15.8. The first kappa shape index (κ1) is 32.7. The van der Waals surface area contributed by atoms with E-state index in [-0.39, 0.29) is 29.4 Å². The molecule has 0 unspecified atom stereocenters. The number of fused-ring (bicyclic) bond motifs is 3. The van der Waals surface area contributed by atoms with Crippen LogP contribution in [0.5, 0.6) is 11.5 Å². The summed E-state index contributed by atoms with van der Waals surface area (Å²) < 4.78 is 14.1. The van der Waals surface area contributed by atoms with Crippen molar-refractivity contribution in [2.24, 2.45) is 23.2 Å². The molecule has 0 radical (unpaired) electrons. The number of carbonyl (C=O) groups is 3. The number of hydrogen-bond acceptors (Lipinski definition) is 7. The Hall–Kier alpha value is -4.21. The van der Waals surface area contributed by atoms with Gasteiger partial charge in [-0.15, -0.1) is 0 Å². The van der Waals surface area contributed by atoms with Gasteiger partial charge in [-0.05, 0) is 69.6 Å². The molecule has 10 heteroatoms. The van der Waals surface area contributed by atoms with Crippen LogP contribution in [0.1, 0.15) is 77.0 Å². The van der Waals surface area contributed by atoms with Gasteiger partial charge >= 0.3 is 5.97 Å². The summed E-state index contributed by atoms with van der Waals surface area (Å²) in [6, 6.07) is 7.65. The highest BCUT2D eigenvalue weighted by molar-refractivity contribution is 5.94. The van der Waals surface area contributed by atoms with Crippen LogP contribution in [-0.2, 0) is 19.8 Å². The molecule has 250 valence electrons. The highest BCUT2D eigenvalue weighted by atomic mass is 16.5. The van der Waals surface area contributed by atoms with E-state index >= 15 is 0 Å². The van der Waals surface area contributed by atoms with Gasteiger partial charge in [-0.25, -0.2) is 9.67 Å². The van der Waals surface area contributed by atoms with Crippen LogP contribution in [0.3, 0.4) is 0 Å². The van der Waals surface area contributed by atoms with E-state index in [0.717, 1.165) is 35.9 Å². The summed E-state index contributed by atoms with van der Waals surface area (Å²) in [5.74, 6) is -0.651. The number of ketones is 1. The molecule has 0 bridgehead atoms. The summed E-state index contributed by atoms with van der Waals surface area (Å²) in [5.41, 5.74) is 1.27. The Kier molecular flexibility index (Phi) is 8.65. The second-order valence-electron chi connectivity index (χ2n) is 14.7. The van der Waals surface area contributed by atoms with Crippen LogP contribution in [0.15, 0.2) is 42.6 Å². The molecule has 0 saturated heterocycles. The molecule has 1 N–H and O–H groups in total. The maximum absolute atomic E-state index is 14.0. The number of amides is 1. The van der Waals surface area contributed by atoms with Gasteiger partial charge in [0.25, 0.3) is 0 Å². The highest BCUT2D eigenvalue weighted by Crippen LogP contribution is 2.57. The third-order valence-electron chi connectivity index (χ3n) is 10.4. The zero-order chi connectivity index (χ0) is 33.7. The maximum atomic E-state index is 14.0. The predicted molar refractivity (Wildman–Crippen MR) is 178 cm³/mol. The molecule has 0 spiro atoms. The molecule has 47 heavy (non-hydrogen) atoms. The van der Waals surface area contributed by atoms with Crippen LogP contribution < -0.4 is 9.47 Å². The van der Waals surface area contributed by atoms with Crippen LogP contribution in [0.4, 0.5) is 0 Å². The summed E-state index contributed by atoms with van der Waals surface area (Å²) in [7, 11) is 3.42. The van der Waals surface area contributed by atoms with Crippen LogP contribution in [0.25, 0.3) is 16.7 Å². The smallest absolute Gasteiger partial charge is 0.310 e. The number of ether oxygens (including phenoxy) is 2. The van der Waals surface area contributed by atoms with Gasteiger partial charge in [0.2, 0.25) is 5.91 Å². The number of hydrogen-bond donors (Lipinski definition) is 1. The average molecular weight is 643 g/mol. The third kappa shape index (κ3) is 6.26. The number of aliphatic carboxylic acids is 1. The minimum Gasteiger partial charge on any atom is -0.496 e. The van der Waals surface area contributed by atoms with Crippen molar-refractivity contribution in [3.63, 3.8) is 0 Å². The normalized spacial score (nSPS) is 27.6. The van der Waals surface area contributed by atoms with Crippen molar-refractivity contribution in [1.29, 1.82) is 0 Å². The van der Waals surface area contributed by atoms with Gasteiger partial charge in [0.15, 0.2) is 5.82 Å².